The monoisotopic (exact) mass is 426 g/mol. The van der Waals surface area contributed by atoms with Crippen LogP contribution in [0.25, 0.3) is 0 Å². The molecule has 0 unspecified atom stereocenters. The van der Waals surface area contributed by atoms with Crippen molar-refractivity contribution < 1.29 is 27.9 Å². The number of fused-ring (bicyclic) bond motifs is 1. The standard InChI is InChI=1S/C16H20N6O.C2HF3O2/c23-16-5-2-7-21(16)11-14-15-12-20(13-4-1-6-17-10-13)8-3-9-22(15)19-18-14;3-2(4,5)1(6)7/h1,4,6,10H,2-3,5,7-9,11-12H2;(H,6,7). The maximum absolute atomic E-state index is 11.9. The molecular formula is C18H21F3N6O3. The number of carbonyl (C=O) groups is 2. The Morgan fingerprint density at radius 2 is 1.97 bits per heavy atom. The van der Waals surface area contributed by atoms with E-state index in [1.807, 2.05) is 21.8 Å². The predicted molar refractivity (Wildman–Crippen MR) is 98.3 cm³/mol. The Balaban J connectivity index is 0.000000318. The second kappa shape index (κ2) is 9.09. The van der Waals surface area contributed by atoms with Gasteiger partial charge in [0.15, 0.2) is 0 Å². The van der Waals surface area contributed by atoms with E-state index < -0.39 is 12.1 Å². The highest BCUT2D eigenvalue weighted by molar-refractivity contribution is 5.78. The first-order chi connectivity index (χ1) is 14.3. The summed E-state index contributed by atoms with van der Waals surface area (Å²) in [6.07, 6.45) is 1.23. The van der Waals surface area contributed by atoms with Crippen molar-refractivity contribution in [3.05, 3.63) is 35.9 Å². The van der Waals surface area contributed by atoms with Crippen LogP contribution >= 0.6 is 0 Å². The van der Waals surface area contributed by atoms with E-state index in [0.29, 0.717) is 13.0 Å². The second-order valence-corrected chi connectivity index (χ2v) is 6.91. The Morgan fingerprint density at radius 3 is 2.57 bits per heavy atom. The molecule has 0 bridgehead atoms. The summed E-state index contributed by atoms with van der Waals surface area (Å²) in [7, 11) is 0. The average Bonchev–Trinajstić information content (AvgIpc) is 3.21. The fraction of sp³-hybridized carbons (Fsp3) is 0.500. The summed E-state index contributed by atoms with van der Waals surface area (Å²) in [4.78, 5) is 29.2. The number of hydrogen-bond donors (Lipinski definition) is 1. The first kappa shape index (κ1) is 21.5. The molecule has 9 nitrogen and oxygen atoms in total. The number of alkyl halides is 3. The van der Waals surface area contributed by atoms with Crippen molar-refractivity contribution >= 4 is 17.6 Å². The largest absolute Gasteiger partial charge is 0.490 e. The zero-order valence-corrected chi connectivity index (χ0v) is 16.0. The number of nitrogens with zero attached hydrogens (tertiary/aromatic N) is 6. The molecule has 0 aliphatic carbocycles. The van der Waals surface area contributed by atoms with Gasteiger partial charge < -0.3 is 14.9 Å². The summed E-state index contributed by atoms with van der Waals surface area (Å²) in [6, 6.07) is 4.04. The van der Waals surface area contributed by atoms with Crippen LogP contribution in [0.3, 0.4) is 0 Å². The molecule has 2 aliphatic heterocycles. The van der Waals surface area contributed by atoms with E-state index in [2.05, 4.69) is 26.3 Å². The van der Waals surface area contributed by atoms with Crippen LogP contribution in [0.2, 0.25) is 0 Å². The molecule has 12 heteroatoms. The van der Waals surface area contributed by atoms with Crippen molar-refractivity contribution in [3.63, 3.8) is 0 Å². The smallest absolute Gasteiger partial charge is 0.475 e. The first-order valence-corrected chi connectivity index (χ1v) is 9.40. The number of anilines is 1. The van der Waals surface area contributed by atoms with Gasteiger partial charge in [0.2, 0.25) is 5.91 Å². The zero-order chi connectivity index (χ0) is 21.7. The topological polar surface area (TPSA) is 104 Å². The van der Waals surface area contributed by atoms with Crippen LogP contribution in [0, 0.1) is 0 Å². The van der Waals surface area contributed by atoms with Gasteiger partial charge in [0.25, 0.3) is 0 Å². The number of pyridine rings is 1. The molecule has 4 heterocycles. The number of halogens is 3. The molecule has 2 aromatic heterocycles. The van der Waals surface area contributed by atoms with E-state index in [4.69, 9.17) is 9.90 Å². The van der Waals surface area contributed by atoms with Gasteiger partial charge in [-0.15, -0.1) is 5.10 Å². The SMILES string of the molecule is O=C(O)C(F)(F)F.O=C1CCCN1Cc1nnn2c1CN(c1cccnc1)CCC2. The number of rotatable bonds is 3. The van der Waals surface area contributed by atoms with Gasteiger partial charge in [-0.25, -0.2) is 9.48 Å². The van der Waals surface area contributed by atoms with Crippen LogP contribution in [0.5, 0.6) is 0 Å². The fourth-order valence-corrected chi connectivity index (χ4v) is 3.33. The van der Waals surface area contributed by atoms with Crippen molar-refractivity contribution in [2.45, 2.75) is 45.1 Å². The van der Waals surface area contributed by atoms with Gasteiger partial charge in [0.1, 0.15) is 5.69 Å². The van der Waals surface area contributed by atoms with Crippen molar-refractivity contribution in [1.29, 1.82) is 0 Å². The summed E-state index contributed by atoms with van der Waals surface area (Å²) in [5, 5.41) is 15.8. The van der Waals surface area contributed by atoms with Crippen LogP contribution in [-0.4, -0.2) is 61.1 Å². The van der Waals surface area contributed by atoms with Crippen molar-refractivity contribution in [2.75, 3.05) is 18.0 Å². The summed E-state index contributed by atoms with van der Waals surface area (Å²) >= 11 is 0. The maximum atomic E-state index is 11.9. The molecule has 0 saturated carbocycles. The quantitative estimate of drug-likeness (QED) is 0.799. The summed E-state index contributed by atoms with van der Waals surface area (Å²) in [5.74, 6) is -2.53. The number of carboxylic acids is 1. The number of aromatic nitrogens is 4. The number of aryl methyl sites for hydroxylation is 1. The molecule has 2 aliphatic rings. The fourth-order valence-electron chi connectivity index (χ4n) is 3.33. The minimum absolute atomic E-state index is 0.226. The van der Waals surface area contributed by atoms with Crippen LogP contribution in [-0.2, 0) is 29.2 Å². The molecule has 4 rings (SSSR count). The molecule has 0 atom stereocenters. The van der Waals surface area contributed by atoms with Gasteiger partial charge in [-0.3, -0.25) is 9.78 Å². The zero-order valence-electron chi connectivity index (χ0n) is 16.0. The molecule has 0 spiro atoms. The van der Waals surface area contributed by atoms with E-state index in [-0.39, 0.29) is 5.91 Å². The van der Waals surface area contributed by atoms with Crippen molar-refractivity contribution in [1.82, 2.24) is 24.9 Å². The third kappa shape index (κ3) is 5.24. The Bertz CT molecular complexity index is 887. The molecule has 0 aromatic carbocycles. The van der Waals surface area contributed by atoms with Gasteiger partial charge in [0.05, 0.1) is 30.7 Å². The van der Waals surface area contributed by atoms with Crippen LogP contribution in [0.4, 0.5) is 18.9 Å². The van der Waals surface area contributed by atoms with Crippen molar-refractivity contribution in [2.24, 2.45) is 0 Å². The summed E-state index contributed by atoms with van der Waals surface area (Å²) < 4.78 is 33.7. The highest BCUT2D eigenvalue weighted by Gasteiger charge is 2.38. The van der Waals surface area contributed by atoms with Crippen LogP contribution < -0.4 is 4.90 Å². The Morgan fingerprint density at radius 1 is 1.20 bits per heavy atom. The van der Waals surface area contributed by atoms with Gasteiger partial charge in [-0.2, -0.15) is 13.2 Å². The maximum Gasteiger partial charge on any atom is 0.490 e. The molecule has 1 N–H and O–H groups in total. The third-order valence-electron chi connectivity index (χ3n) is 4.82. The van der Waals surface area contributed by atoms with Gasteiger partial charge in [-0.1, -0.05) is 5.21 Å². The minimum Gasteiger partial charge on any atom is -0.475 e. The average molecular weight is 426 g/mol. The number of likely N-dealkylation sites (tertiary alicyclic amines) is 1. The third-order valence-corrected chi connectivity index (χ3v) is 4.82. The highest BCUT2D eigenvalue weighted by atomic mass is 19.4. The molecule has 162 valence electrons. The molecule has 0 radical (unpaired) electrons. The lowest BCUT2D eigenvalue weighted by molar-refractivity contribution is -0.192. The van der Waals surface area contributed by atoms with Gasteiger partial charge in [0, 0.05) is 32.3 Å². The lowest BCUT2D eigenvalue weighted by atomic mass is 10.2. The molecule has 1 saturated heterocycles. The van der Waals surface area contributed by atoms with E-state index in [1.54, 1.807) is 6.20 Å². The Labute approximate surface area is 170 Å². The van der Waals surface area contributed by atoms with Gasteiger partial charge in [-0.05, 0) is 25.0 Å². The van der Waals surface area contributed by atoms with E-state index >= 15 is 0 Å². The molecular weight excluding hydrogens is 405 g/mol. The minimum atomic E-state index is -5.08. The Hall–Kier alpha value is -3.18. The first-order valence-electron chi connectivity index (χ1n) is 9.40. The van der Waals surface area contributed by atoms with Crippen LogP contribution in [0.1, 0.15) is 30.7 Å². The number of carbonyl (C=O) groups excluding carboxylic acids is 1. The Kier molecular flexibility index (Phi) is 6.53. The number of carboxylic acid groups (broad SMARTS) is 1. The number of amides is 1. The summed E-state index contributed by atoms with van der Waals surface area (Å²) in [6.45, 7) is 4.01. The molecule has 1 amide bonds. The highest BCUT2D eigenvalue weighted by Crippen LogP contribution is 2.22. The van der Waals surface area contributed by atoms with Gasteiger partial charge >= 0.3 is 12.1 Å². The van der Waals surface area contributed by atoms with E-state index in [9.17, 15) is 18.0 Å². The van der Waals surface area contributed by atoms with E-state index in [0.717, 1.165) is 56.1 Å². The molecule has 30 heavy (non-hydrogen) atoms. The second-order valence-electron chi connectivity index (χ2n) is 6.91. The lowest BCUT2D eigenvalue weighted by Gasteiger charge is -2.22. The molecule has 2 aromatic rings. The molecule has 1 fully saturated rings. The lowest BCUT2D eigenvalue weighted by Crippen LogP contribution is -2.27. The summed E-state index contributed by atoms with van der Waals surface area (Å²) in [5.41, 5.74) is 3.16. The van der Waals surface area contributed by atoms with Crippen molar-refractivity contribution in [3.8, 4) is 0 Å². The predicted octanol–water partition coefficient (Wildman–Crippen LogP) is 1.84. The number of aliphatic carboxylic acids is 1. The number of hydrogen-bond acceptors (Lipinski definition) is 6. The van der Waals surface area contributed by atoms with E-state index in [1.165, 1.54) is 0 Å². The van der Waals surface area contributed by atoms with Crippen LogP contribution in [0.15, 0.2) is 24.5 Å². The normalized spacial score (nSPS) is 16.6.